The third-order valence-corrected chi connectivity index (χ3v) is 2.56. The van der Waals surface area contributed by atoms with E-state index in [1.54, 1.807) is 7.11 Å². The normalized spacial score (nSPS) is 18.2. The summed E-state index contributed by atoms with van der Waals surface area (Å²) < 4.78 is 5.10. The van der Waals surface area contributed by atoms with E-state index in [9.17, 15) is 5.11 Å². The van der Waals surface area contributed by atoms with Gasteiger partial charge in [0.05, 0.1) is 13.2 Å². The number of nitrogens with zero attached hydrogens (tertiary/aromatic N) is 1. The molecule has 4 heteroatoms. The van der Waals surface area contributed by atoms with Crippen molar-refractivity contribution in [2.24, 2.45) is 5.73 Å². The molecule has 0 amide bonds. The number of nitrogens with two attached hydrogens (primary N) is 1. The Kier molecular flexibility index (Phi) is 7.09. The van der Waals surface area contributed by atoms with Gasteiger partial charge in [0.25, 0.3) is 0 Å². The molecular formula is C10H24N2O2. The number of rotatable bonds is 7. The Bertz CT molecular complexity index is 142. The molecule has 0 spiro atoms. The quantitative estimate of drug-likeness (QED) is 0.615. The summed E-state index contributed by atoms with van der Waals surface area (Å²) in [5.41, 5.74) is 5.82. The van der Waals surface area contributed by atoms with Crippen LogP contribution in [0.3, 0.4) is 0 Å². The van der Waals surface area contributed by atoms with Gasteiger partial charge in [-0.2, -0.15) is 0 Å². The molecule has 0 fully saturated rings. The first-order valence-electron chi connectivity index (χ1n) is 5.19. The zero-order chi connectivity index (χ0) is 11.1. The van der Waals surface area contributed by atoms with Gasteiger partial charge in [0.15, 0.2) is 0 Å². The van der Waals surface area contributed by atoms with Crippen LogP contribution >= 0.6 is 0 Å². The van der Waals surface area contributed by atoms with Crippen LogP contribution in [0.2, 0.25) is 0 Å². The summed E-state index contributed by atoms with van der Waals surface area (Å²) in [5.74, 6) is 0. The maximum absolute atomic E-state index is 9.25. The molecule has 0 aliphatic carbocycles. The van der Waals surface area contributed by atoms with Crippen molar-refractivity contribution in [3.8, 4) is 0 Å². The molecule has 14 heavy (non-hydrogen) atoms. The van der Waals surface area contributed by atoms with Gasteiger partial charge in [0.1, 0.15) is 0 Å². The van der Waals surface area contributed by atoms with E-state index in [0.717, 1.165) is 6.54 Å². The van der Waals surface area contributed by atoms with Crippen molar-refractivity contribution < 1.29 is 9.84 Å². The Labute approximate surface area is 87.0 Å². The zero-order valence-corrected chi connectivity index (χ0v) is 9.73. The fraction of sp³-hybridized carbons (Fsp3) is 1.00. The largest absolute Gasteiger partial charge is 0.395 e. The lowest BCUT2D eigenvalue weighted by molar-refractivity contribution is 0.0406. The lowest BCUT2D eigenvalue weighted by atomic mass is 10.1. The monoisotopic (exact) mass is 204 g/mol. The molecule has 86 valence electrons. The smallest absolute Gasteiger partial charge is 0.0615 e. The molecule has 0 aliphatic heterocycles. The van der Waals surface area contributed by atoms with Crippen LogP contribution < -0.4 is 5.73 Å². The molecule has 0 aromatic rings. The molecule has 0 bridgehead atoms. The summed E-state index contributed by atoms with van der Waals surface area (Å²) in [6, 6.07) is 0.276. The van der Waals surface area contributed by atoms with Crippen LogP contribution in [0.4, 0.5) is 0 Å². The Balaban J connectivity index is 4.34. The minimum absolute atomic E-state index is 0.0187. The molecule has 3 atom stereocenters. The summed E-state index contributed by atoms with van der Waals surface area (Å²) in [6.07, 6.45) is 0. The van der Waals surface area contributed by atoms with Gasteiger partial charge in [-0.05, 0) is 20.4 Å². The van der Waals surface area contributed by atoms with Crippen LogP contribution in [-0.4, -0.2) is 55.0 Å². The highest BCUT2D eigenvalue weighted by atomic mass is 16.5. The third-order valence-electron chi connectivity index (χ3n) is 2.56. The van der Waals surface area contributed by atoms with Crippen molar-refractivity contribution in [3.63, 3.8) is 0 Å². The molecule has 0 aliphatic rings. The number of aliphatic hydroxyl groups is 1. The third kappa shape index (κ3) is 3.92. The average molecular weight is 204 g/mol. The van der Waals surface area contributed by atoms with Gasteiger partial charge >= 0.3 is 0 Å². The Morgan fingerprint density at radius 3 is 2.29 bits per heavy atom. The number of hydrogen-bond donors (Lipinski definition) is 2. The van der Waals surface area contributed by atoms with Crippen LogP contribution in [0.1, 0.15) is 20.8 Å². The lowest BCUT2D eigenvalue weighted by Crippen LogP contribution is -2.53. The van der Waals surface area contributed by atoms with E-state index in [0.29, 0.717) is 6.61 Å². The lowest BCUT2D eigenvalue weighted by Gasteiger charge is -2.36. The highest BCUT2D eigenvalue weighted by molar-refractivity contribution is 4.81. The van der Waals surface area contributed by atoms with Gasteiger partial charge in [-0.25, -0.2) is 0 Å². The van der Waals surface area contributed by atoms with Gasteiger partial charge in [-0.1, -0.05) is 6.92 Å². The SMILES string of the molecule is CCN(C(C)COC)C(CO)C(C)N. The zero-order valence-electron chi connectivity index (χ0n) is 9.73. The van der Waals surface area contributed by atoms with Gasteiger partial charge in [0, 0.05) is 25.2 Å². The second-order valence-electron chi connectivity index (χ2n) is 3.74. The van der Waals surface area contributed by atoms with E-state index in [4.69, 9.17) is 10.5 Å². The van der Waals surface area contributed by atoms with E-state index < -0.39 is 0 Å². The highest BCUT2D eigenvalue weighted by Gasteiger charge is 2.24. The molecule has 3 unspecified atom stereocenters. The predicted octanol–water partition coefficient (Wildman–Crippen LogP) is 0.0513. The predicted molar refractivity (Wildman–Crippen MR) is 58.2 cm³/mol. The van der Waals surface area contributed by atoms with Crippen LogP contribution in [0.25, 0.3) is 0 Å². The fourth-order valence-electron chi connectivity index (χ4n) is 1.78. The second-order valence-corrected chi connectivity index (χ2v) is 3.74. The maximum atomic E-state index is 9.25. The van der Waals surface area contributed by atoms with Gasteiger partial charge in [-0.3, -0.25) is 4.90 Å². The number of aliphatic hydroxyl groups excluding tert-OH is 1. The number of hydrogen-bond acceptors (Lipinski definition) is 4. The van der Waals surface area contributed by atoms with E-state index in [1.807, 2.05) is 6.92 Å². The van der Waals surface area contributed by atoms with Crippen molar-refractivity contribution in [2.75, 3.05) is 26.9 Å². The molecule has 4 nitrogen and oxygen atoms in total. The van der Waals surface area contributed by atoms with Crippen molar-refractivity contribution >= 4 is 0 Å². The number of methoxy groups -OCH3 is 1. The Hall–Kier alpha value is -0.160. The van der Waals surface area contributed by atoms with Crippen molar-refractivity contribution in [1.82, 2.24) is 4.90 Å². The van der Waals surface area contributed by atoms with E-state index in [1.165, 1.54) is 0 Å². The Morgan fingerprint density at radius 1 is 1.43 bits per heavy atom. The van der Waals surface area contributed by atoms with Gasteiger partial charge in [-0.15, -0.1) is 0 Å². The van der Waals surface area contributed by atoms with Crippen LogP contribution in [0.5, 0.6) is 0 Å². The molecule has 0 saturated carbocycles. The van der Waals surface area contributed by atoms with Crippen molar-refractivity contribution in [1.29, 1.82) is 0 Å². The summed E-state index contributed by atoms with van der Waals surface area (Å²) in [4.78, 5) is 2.17. The Morgan fingerprint density at radius 2 is 2.00 bits per heavy atom. The molecule has 0 saturated heterocycles. The average Bonchev–Trinajstić information content (AvgIpc) is 2.13. The first-order valence-corrected chi connectivity index (χ1v) is 5.19. The summed E-state index contributed by atoms with van der Waals surface area (Å²) >= 11 is 0. The molecule has 0 heterocycles. The molecule has 0 aromatic carbocycles. The van der Waals surface area contributed by atoms with Crippen molar-refractivity contribution in [2.45, 2.75) is 38.9 Å². The molecule has 3 N–H and O–H groups in total. The summed E-state index contributed by atoms with van der Waals surface area (Å²) in [6.45, 7) is 7.70. The molecule has 0 rings (SSSR count). The van der Waals surface area contributed by atoms with Crippen molar-refractivity contribution in [3.05, 3.63) is 0 Å². The first-order chi connectivity index (χ1) is 6.58. The van der Waals surface area contributed by atoms with Gasteiger partial charge < -0.3 is 15.6 Å². The van der Waals surface area contributed by atoms with Crippen LogP contribution in [-0.2, 0) is 4.74 Å². The maximum Gasteiger partial charge on any atom is 0.0615 e. The summed E-state index contributed by atoms with van der Waals surface area (Å²) in [7, 11) is 1.68. The fourth-order valence-corrected chi connectivity index (χ4v) is 1.78. The number of likely N-dealkylation sites (N-methyl/N-ethyl adjacent to an activating group) is 1. The van der Waals surface area contributed by atoms with E-state index in [2.05, 4.69) is 18.7 Å². The molecular weight excluding hydrogens is 180 g/mol. The van der Waals surface area contributed by atoms with Gasteiger partial charge in [0.2, 0.25) is 0 Å². The minimum Gasteiger partial charge on any atom is -0.395 e. The minimum atomic E-state index is -0.0285. The number of ether oxygens (including phenoxy) is 1. The second kappa shape index (κ2) is 7.17. The van der Waals surface area contributed by atoms with Crippen LogP contribution in [0.15, 0.2) is 0 Å². The van der Waals surface area contributed by atoms with E-state index >= 15 is 0 Å². The molecule has 0 radical (unpaired) electrons. The molecule has 0 aromatic heterocycles. The van der Waals surface area contributed by atoms with Crippen LogP contribution in [0, 0.1) is 0 Å². The topological polar surface area (TPSA) is 58.7 Å². The standard InChI is InChI=1S/C10H24N2O2/c1-5-12(8(2)7-14-4)10(6-13)9(3)11/h8-10,13H,5-7,11H2,1-4H3. The highest BCUT2D eigenvalue weighted by Crippen LogP contribution is 2.08. The first kappa shape index (κ1) is 13.8. The summed E-state index contributed by atoms with van der Waals surface area (Å²) in [5, 5.41) is 9.25. The van der Waals surface area contributed by atoms with E-state index in [-0.39, 0.29) is 24.7 Å².